The third kappa shape index (κ3) is 5.74. The quantitative estimate of drug-likeness (QED) is 0.712. The second kappa shape index (κ2) is 11.0. The van der Waals surface area contributed by atoms with Gasteiger partial charge in [-0.15, -0.1) is 24.8 Å². The smallest absolute Gasteiger partial charge is 0.223 e. The first-order chi connectivity index (χ1) is 13.2. The van der Waals surface area contributed by atoms with Gasteiger partial charge in [-0.3, -0.25) is 4.79 Å². The number of amides is 1. The van der Waals surface area contributed by atoms with E-state index in [-0.39, 0.29) is 30.9 Å². The normalized spacial score (nSPS) is 19.5. The predicted octanol–water partition coefficient (Wildman–Crippen LogP) is 4.67. The lowest BCUT2D eigenvalue weighted by molar-refractivity contribution is -0.132. The highest BCUT2D eigenvalue weighted by molar-refractivity contribution is 5.85. The number of carbonyl (C=O) groups is 1. The molecule has 0 aliphatic carbocycles. The van der Waals surface area contributed by atoms with Crippen molar-refractivity contribution >= 4 is 30.7 Å². The molecule has 0 radical (unpaired) electrons. The van der Waals surface area contributed by atoms with Gasteiger partial charge < -0.3 is 15.2 Å². The molecule has 0 spiro atoms. The van der Waals surface area contributed by atoms with Crippen LogP contribution in [0.15, 0.2) is 30.5 Å². The van der Waals surface area contributed by atoms with Crippen molar-refractivity contribution in [1.29, 1.82) is 0 Å². The number of H-pyrrole nitrogens is 1. The summed E-state index contributed by atoms with van der Waals surface area (Å²) < 4.78 is 0. The second-order valence-electron chi connectivity index (χ2n) is 8.03. The van der Waals surface area contributed by atoms with Crippen LogP contribution in [0, 0.1) is 12.8 Å². The Morgan fingerprint density at radius 1 is 1.21 bits per heavy atom. The van der Waals surface area contributed by atoms with E-state index in [1.165, 1.54) is 18.4 Å². The van der Waals surface area contributed by atoms with Crippen LogP contribution >= 0.6 is 24.8 Å². The maximum Gasteiger partial charge on any atom is 0.223 e. The summed E-state index contributed by atoms with van der Waals surface area (Å²) >= 11 is 0. The number of nitrogens with zero attached hydrogens (tertiary/aromatic N) is 2. The van der Waals surface area contributed by atoms with E-state index in [1.54, 1.807) is 0 Å². The molecule has 1 aromatic carbocycles. The van der Waals surface area contributed by atoms with Crippen LogP contribution in [0.2, 0.25) is 0 Å². The lowest BCUT2D eigenvalue weighted by Gasteiger charge is -2.26. The van der Waals surface area contributed by atoms with Crippen LogP contribution in [0.5, 0.6) is 0 Å². The zero-order valence-corrected chi connectivity index (χ0v) is 18.7. The van der Waals surface area contributed by atoms with Crippen molar-refractivity contribution in [1.82, 2.24) is 20.2 Å². The summed E-state index contributed by atoms with van der Waals surface area (Å²) in [6.07, 6.45) is 8.07. The number of aromatic amines is 1. The van der Waals surface area contributed by atoms with E-state index in [4.69, 9.17) is 0 Å². The van der Waals surface area contributed by atoms with Crippen LogP contribution in [0.1, 0.15) is 56.0 Å². The molecule has 2 aliphatic heterocycles. The number of hydrogen-bond donors (Lipinski definition) is 2. The molecule has 29 heavy (non-hydrogen) atoms. The second-order valence-corrected chi connectivity index (χ2v) is 8.03. The fraction of sp³-hybridized carbons (Fsp3) is 0.545. The first-order valence-electron chi connectivity index (χ1n) is 10.3. The molecular weight excluding hydrogens is 407 g/mol. The molecule has 160 valence electrons. The summed E-state index contributed by atoms with van der Waals surface area (Å²) in [7, 11) is 0. The summed E-state index contributed by atoms with van der Waals surface area (Å²) in [4.78, 5) is 23.0. The van der Waals surface area contributed by atoms with Crippen molar-refractivity contribution in [3.63, 3.8) is 0 Å². The number of carbonyl (C=O) groups excluding carboxylic acids is 1. The van der Waals surface area contributed by atoms with Crippen LogP contribution in [-0.4, -0.2) is 40.4 Å². The Hall–Kier alpha value is -1.56. The number of hydrogen-bond acceptors (Lipinski definition) is 3. The minimum Gasteiger partial charge on any atom is -0.340 e. The van der Waals surface area contributed by atoms with Gasteiger partial charge in [0.2, 0.25) is 5.91 Å². The van der Waals surface area contributed by atoms with Crippen molar-refractivity contribution in [2.24, 2.45) is 5.92 Å². The van der Waals surface area contributed by atoms with Gasteiger partial charge >= 0.3 is 0 Å². The molecule has 0 saturated carbocycles. The number of aryl methyl sites for hydroxylation is 1. The molecule has 1 atom stereocenters. The van der Waals surface area contributed by atoms with E-state index in [2.05, 4.69) is 51.4 Å². The van der Waals surface area contributed by atoms with Crippen LogP contribution in [0.3, 0.4) is 0 Å². The molecule has 2 N–H and O–H groups in total. The standard InChI is InChI=1S/C22H30N4O.2ClH/c1-16-4-2-5-18(14-16)19-15-24-22(25-19)20-6-3-13-26(20)21(27)8-7-17-9-11-23-12-10-17;;/h2,4-5,14-15,17,20,23H,3,6-13H2,1H3,(H,24,25);2*1H. The SMILES string of the molecule is Cc1cccc(-c2cnc(C3CCCN3C(=O)CCC3CCNCC3)[nH]2)c1.Cl.Cl. The Kier molecular flexibility index (Phi) is 9.00. The zero-order chi connectivity index (χ0) is 18.6. The van der Waals surface area contributed by atoms with Crippen molar-refractivity contribution < 1.29 is 4.79 Å². The summed E-state index contributed by atoms with van der Waals surface area (Å²) in [5.41, 5.74) is 3.41. The van der Waals surface area contributed by atoms with E-state index >= 15 is 0 Å². The lowest BCUT2D eigenvalue weighted by atomic mass is 9.93. The van der Waals surface area contributed by atoms with Gasteiger partial charge in [0.25, 0.3) is 0 Å². The Labute approximate surface area is 185 Å². The summed E-state index contributed by atoms with van der Waals surface area (Å²) in [5.74, 6) is 1.93. The third-order valence-corrected chi connectivity index (χ3v) is 6.04. The first kappa shape index (κ1) is 23.7. The van der Waals surface area contributed by atoms with Crippen LogP contribution < -0.4 is 5.32 Å². The monoisotopic (exact) mass is 438 g/mol. The molecule has 1 amide bonds. The van der Waals surface area contributed by atoms with Crippen LogP contribution in [0.25, 0.3) is 11.3 Å². The van der Waals surface area contributed by atoms with Crippen molar-refractivity contribution in [2.45, 2.75) is 51.5 Å². The molecule has 7 heteroatoms. The molecule has 0 bridgehead atoms. The number of benzene rings is 1. The Morgan fingerprint density at radius 2 is 2.00 bits per heavy atom. The van der Waals surface area contributed by atoms with Crippen LogP contribution in [-0.2, 0) is 4.79 Å². The average Bonchev–Trinajstić information content (AvgIpc) is 3.36. The molecule has 2 aliphatic rings. The molecule has 2 aromatic rings. The minimum atomic E-state index is 0. The van der Waals surface area contributed by atoms with Gasteiger partial charge in [0, 0.05) is 13.0 Å². The highest BCUT2D eigenvalue weighted by Crippen LogP contribution is 2.32. The van der Waals surface area contributed by atoms with Crippen molar-refractivity contribution in [3.8, 4) is 11.3 Å². The van der Waals surface area contributed by atoms with Gasteiger partial charge in [0.05, 0.1) is 17.9 Å². The topological polar surface area (TPSA) is 61.0 Å². The highest BCUT2D eigenvalue weighted by Gasteiger charge is 2.32. The number of nitrogens with one attached hydrogen (secondary N) is 2. The van der Waals surface area contributed by atoms with Gasteiger partial charge in [0.1, 0.15) is 5.82 Å². The van der Waals surface area contributed by atoms with Gasteiger partial charge in [0.15, 0.2) is 0 Å². The molecular formula is C22H32Cl2N4O. The number of piperidine rings is 1. The number of imidazole rings is 1. The molecule has 5 nitrogen and oxygen atoms in total. The number of rotatable bonds is 5. The number of aromatic nitrogens is 2. The van der Waals surface area contributed by atoms with Gasteiger partial charge in [-0.05, 0) is 69.7 Å². The summed E-state index contributed by atoms with van der Waals surface area (Å²) in [6, 6.07) is 8.52. The van der Waals surface area contributed by atoms with E-state index in [0.717, 1.165) is 56.0 Å². The molecule has 2 fully saturated rings. The Bertz CT molecular complexity index is 789. The minimum absolute atomic E-state index is 0. The number of halogens is 2. The fourth-order valence-corrected chi connectivity index (χ4v) is 4.46. The largest absolute Gasteiger partial charge is 0.340 e. The predicted molar refractivity (Wildman–Crippen MR) is 122 cm³/mol. The maximum atomic E-state index is 12.9. The van der Waals surface area contributed by atoms with E-state index in [1.807, 2.05) is 6.20 Å². The lowest BCUT2D eigenvalue weighted by Crippen LogP contribution is -2.32. The molecule has 3 heterocycles. The summed E-state index contributed by atoms with van der Waals surface area (Å²) in [6.45, 7) is 5.15. The van der Waals surface area contributed by atoms with E-state index < -0.39 is 0 Å². The van der Waals surface area contributed by atoms with E-state index in [9.17, 15) is 4.79 Å². The fourth-order valence-electron chi connectivity index (χ4n) is 4.46. The molecule has 1 aromatic heterocycles. The molecule has 2 saturated heterocycles. The van der Waals surface area contributed by atoms with Crippen molar-refractivity contribution in [2.75, 3.05) is 19.6 Å². The van der Waals surface area contributed by atoms with Gasteiger partial charge in [-0.1, -0.05) is 23.8 Å². The van der Waals surface area contributed by atoms with E-state index in [0.29, 0.717) is 18.2 Å². The highest BCUT2D eigenvalue weighted by atomic mass is 35.5. The Morgan fingerprint density at radius 3 is 2.76 bits per heavy atom. The number of likely N-dealkylation sites (tertiary alicyclic amines) is 1. The Balaban J connectivity index is 0.00000150. The van der Waals surface area contributed by atoms with Crippen molar-refractivity contribution in [3.05, 3.63) is 41.9 Å². The average molecular weight is 439 g/mol. The molecule has 4 rings (SSSR count). The zero-order valence-electron chi connectivity index (χ0n) is 17.0. The summed E-state index contributed by atoms with van der Waals surface area (Å²) in [5, 5.41) is 3.40. The van der Waals surface area contributed by atoms with Gasteiger partial charge in [-0.25, -0.2) is 4.98 Å². The van der Waals surface area contributed by atoms with Crippen LogP contribution in [0.4, 0.5) is 0 Å². The first-order valence-corrected chi connectivity index (χ1v) is 10.3. The van der Waals surface area contributed by atoms with Gasteiger partial charge in [-0.2, -0.15) is 0 Å². The maximum absolute atomic E-state index is 12.9. The molecule has 1 unspecified atom stereocenters. The third-order valence-electron chi connectivity index (χ3n) is 6.04.